The Hall–Kier alpha value is -1.33. The fraction of sp³-hybridized carbons (Fsp3) is 0.562. The topological polar surface area (TPSA) is 58.4 Å². The van der Waals surface area contributed by atoms with Crippen molar-refractivity contribution in [3.63, 3.8) is 0 Å². The van der Waals surface area contributed by atoms with E-state index in [1.807, 2.05) is 13.8 Å². The molecule has 1 aliphatic rings. The lowest BCUT2D eigenvalue weighted by molar-refractivity contribution is -0.123. The third kappa shape index (κ3) is 4.85. The van der Waals surface area contributed by atoms with Crippen molar-refractivity contribution in [2.24, 2.45) is 17.6 Å². The lowest BCUT2D eigenvalue weighted by atomic mass is 10.0. The summed E-state index contributed by atoms with van der Waals surface area (Å²) < 4.78 is 12.9. The van der Waals surface area contributed by atoms with E-state index in [-0.39, 0.29) is 30.0 Å². The molecule has 1 aromatic carbocycles. The molecule has 3 N–H and O–H groups in total. The van der Waals surface area contributed by atoms with Crippen molar-refractivity contribution >= 4 is 24.0 Å². The first-order valence-electron chi connectivity index (χ1n) is 7.51. The molecule has 0 bridgehead atoms. The van der Waals surface area contributed by atoms with Crippen LogP contribution in [0.15, 0.2) is 24.3 Å². The fourth-order valence-electron chi connectivity index (χ4n) is 2.55. The zero-order chi connectivity index (χ0) is 15.4. The van der Waals surface area contributed by atoms with Gasteiger partial charge in [0.1, 0.15) is 5.82 Å². The Balaban J connectivity index is 0.00000242. The van der Waals surface area contributed by atoms with E-state index >= 15 is 0 Å². The van der Waals surface area contributed by atoms with Gasteiger partial charge in [-0.3, -0.25) is 4.79 Å². The summed E-state index contributed by atoms with van der Waals surface area (Å²) in [7, 11) is 0. The molecule has 2 atom stereocenters. The Kier molecular flexibility index (Phi) is 7.10. The number of rotatable bonds is 5. The number of hydrogen-bond acceptors (Lipinski definition) is 3. The van der Waals surface area contributed by atoms with Crippen molar-refractivity contribution in [2.45, 2.75) is 26.3 Å². The van der Waals surface area contributed by atoms with Gasteiger partial charge in [-0.05, 0) is 42.5 Å². The van der Waals surface area contributed by atoms with Crippen molar-refractivity contribution in [3.05, 3.63) is 30.1 Å². The smallest absolute Gasteiger partial charge is 0.237 e. The first kappa shape index (κ1) is 18.7. The van der Waals surface area contributed by atoms with Crippen molar-refractivity contribution < 1.29 is 9.18 Å². The summed E-state index contributed by atoms with van der Waals surface area (Å²) in [4.78, 5) is 14.1. The monoisotopic (exact) mass is 329 g/mol. The van der Waals surface area contributed by atoms with E-state index < -0.39 is 6.04 Å². The molecule has 1 unspecified atom stereocenters. The summed E-state index contributed by atoms with van der Waals surface area (Å²) in [5.74, 6) is 0.261. The van der Waals surface area contributed by atoms with E-state index in [1.165, 1.54) is 12.1 Å². The second-order valence-electron chi connectivity index (χ2n) is 6.09. The highest BCUT2D eigenvalue weighted by Crippen LogP contribution is 2.23. The second kappa shape index (κ2) is 8.34. The molecule has 2 rings (SSSR count). The van der Waals surface area contributed by atoms with Crippen LogP contribution in [-0.4, -0.2) is 31.6 Å². The largest absolute Gasteiger partial charge is 0.371 e. The van der Waals surface area contributed by atoms with Gasteiger partial charge in [-0.25, -0.2) is 4.39 Å². The molecule has 6 heteroatoms. The van der Waals surface area contributed by atoms with Crippen LogP contribution < -0.4 is 16.0 Å². The molecule has 1 amide bonds. The molecular weight excluding hydrogens is 305 g/mol. The summed E-state index contributed by atoms with van der Waals surface area (Å²) in [6.07, 6.45) is 1.02. The minimum absolute atomic E-state index is 0. The third-order valence-corrected chi connectivity index (χ3v) is 4.06. The number of halogens is 2. The lowest BCUT2D eigenvalue weighted by Gasteiger charge is -2.20. The van der Waals surface area contributed by atoms with E-state index in [2.05, 4.69) is 10.2 Å². The van der Waals surface area contributed by atoms with Gasteiger partial charge in [-0.15, -0.1) is 12.4 Å². The highest BCUT2D eigenvalue weighted by molar-refractivity contribution is 5.85. The SMILES string of the molecule is CC(C)[C@H](N)C(=O)NCC1CCN(c2ccc(F)cc2)C1.Cl. The van der Waals surface area contributed by atoms with Crippen LogP contribution in [0.4, 0.5) is 10.1 Å². The Morgan fingerprint density at radius 2 is 2.05 bits per heavy atom. The summed E-state index contributed by atoms with van der Waals surface area (Å²) >= 11 is 0. The molecular formula is C16H25ClFN3O. The van der Waals surface area contributed by atoms with Crippen LogP contribution in [-0.2, 0) is 4.79 Å². The number of hydrogen-bond donors (Lipinski definition) is 2. The van der Waals surface area contributed by atoms with Gasteiger partial charge < -0.3 is 16.0 Å². The average molecular weight is 330 g/mol. The van der Waals surface area contributed by atoms with Gasteiger partial charge in [0.05, 0.1) is 6.04 Å². The Morgan fingerprint density at radius 1 is 1.41 bits per heavy atom. The summed E-state index contributed by atoms with van der Waals surface area (Å²) in [6.45, 7) is 6.34. The van der Waals surface area contributed by atoms with Crippen molar-refractivity contribution in [1.29, 1.82) is 0 Å². The number of anilines is 1. The van der Waals surface area contributed by atoms with Crippen LogP contribution in [0.2, 0.25) is 0 Å². The van der Waals surface area contributed by atoms with Crippen LogP contribution in [0.5, 0.6) is 0 Å². The first-order chi connectivity index (χ1) is 9.97. The van der Waals surface area contributed by atoms with Crippen LogP contribution in [0.3, 0.4) is 0 Å². The van der Waals surface area contributed by atoms with Gasteiger partial charge in [0.25, 0.3) is 0 Å². The molecule has 0 aromatic heterocycles. The molecule has 22 heavy (non-hydrogen) atoms. The molecule has 1 saturated heterocycles. The number of nitrogens with zero attached hydrogens (tertiary/aromatic N) is 1. The first-order valence-corrected chi connectivity index (χ1v) is 7.51. The van der Waals surface area contributed by atoms with Gasteiger partial charge >= 0.3 is 0 Å². The highest BCUT2D eigenvalue weighted by Gasteiger charge is 2.24. The summed E-state index contributed by atoms with van der Waals surface area (Å²) in [6, 6.07) is 6.10. The van der Waals surface area contributed by atoms with Gasteiger partial charge in [0.2, 0.25) is 5.91 Å². The van der Waals surface area contributed by atoms with Crippen LogP contribution in [0.1, 0.15) is 20.3 Å². The number of nitrogens with one attached hydrogen (secondary N) is 1. The summed E-state index contributed by atoms with van der Waals surface area (Å²) in [5, 5.41) is 2.94. The molecule has 0 aliphatic carbocycles. The predicted molar refractivity (Wildman–Crippen MR) is 89.8 cm³/mol. The van der Waals surface area contributed by atoms with E-state index in [0.29, 0.717) is 12.5 Å². The second-order valence-corrected chi connectivity index (χ2v) is 6.09. The fourth-order valence-corrected chi connectivity index (χ4v) is 2.55. The number of amides is 1. The average Bonchev–Trinajstić information content (AvgIpc) is 2.93. The predicted octanol–water partition coefficient (Wildman–Crippen LogP) is 2.17. The normalized spacial score (nSPS) is 19.0. The van der Waals surface area contributed by atoms with Crippen molar-refractivity contribution in [2.75, 3.05) is 24.5 Å². The molecule has 0 radical (unpaired) electrons. The minimum Gasteiger partial charge on any atom is -0.371 e. The molecule has 4 nitrogen and oxygen atoms in total. The molecule has 0 saturated carbocycles. The Bertz CT molecular complexity index is 481. The molecule has 1 heterocycles. The number of carbonyl (C=O) groups excluding carboxylic acids is 1. The lowest BCUT2D eigenvalue weighted by Crippen LogP contribution is -2.45. The molecule has 1 aromatic rings. The van der Waals surface area contributed by atoms with E-state index in [1.54, 1.807) is 12.1 Å². The summed E-state index contributed by atoms with van der Waals surface area (Å²) in [5.41, 5.74) is 6.85. The third-order valence-electron chi connectivity index (χ3n) is 4.06. The van der Waals surface area contributed by atoms with E-state index in [9.17, 15) is 9.18 Å². The van der Waals surface area contributed by atoms with Gasteiger partial charge in [-0.2, -0.15) is 0 Å². The maximum Gasteiger partial charge on any atom is 0.237 e. The maximum absolute atomic E-state index is 12.9. The molecule has 1 fully saturated rings. The molecule has 1 aliphatic heterocycles. The van der Waals surface area contributed by atoms with Gasteiger partial charge in [0, 0.05) is 25.3 Å². The van der Waals surface area contributed by atoms with Gasteiger partial charge in [-0.1, -0.05) is 13.8 Å². The quantitative estimate of drug-likeness (QED) is 0.870. The number of carbonyl (C=O) groups is 1. The highest BCUT2D eigenvalue weighted by atomic mass is 35.5. The standard InChI is InChI=1S/C16H24FN3O.ClH/c1-11(2)15(18)16(21)19-9-12-7-8-20(10-12)14-5-3-13(17)4-6-14;/h3-6,11-12,15H,7-10,18H2,1-2H3,(H,19,21);1H/t12?,15-;/m0./s1. The van der Waals surface area contributed by atoms with E-state index in [0.717, 1.165) is 25.2 Å². The zero-order valence-electron chi connectivity index (χ0n) is 13.1. The van der Waals surface area contributed by atoms with Crippen molar-refractivity contribution in [3.8, 4) is 0 Å². The van der Waals surface area contributed by atoms with Crippen LogP contribution >= 0.6 is 12.4 Å². The van der Waals surface area contributed by atoms with Crippen LogP contribution in [0, 0.1) is 17.7 Å². The number of benzene rings is 1. The number of nitrogens with two attached hydrogens (primary N) is 1. The molecule has 0 spiro atoms. The van der Waals surface area contributed by atoms with E-state index in [4.69, 9.17) is 5.73 Å². The Morgan fingerprint density at radius 3 is 2.64 bits per heavy atom. The molecule has 124 valence electrons. The Labute approximate surface area is 137 Å². The zero-order valence-corrected chi connectivity index (χ0v) is 13.9. The van der Waals surface area contributed by atoms with Crippen molar-refractivity contribution in [1.82, 2.24) is 5.32 Å². The minimum atomic E-state index is -0.445. The van der Waals surface area contributed by atoms with Crippen LogP contribution in [0.25, 0.3) is 0 Å². The maximum atomic E-state index is 12.9. The van der Waals surface area contributed by atoms with Gasteiger partial charge in [0.15, 0.2) is 0 Å².